The molecule has 0 bridgehead atoms. The molecule has 0 heterocycles. The Balaban J connectivity index is 1.78. The van der Waals surface area contributed by atoms with Crippen molar-refractivity contribution in [1.82, 2.24) is 0 Å². The number of benzene rings is 2. The van der Waals surface area contributed by atoms with Gasteiger partial charge in [-0.3, -0.25) is 9.59 Å². The van der Waals surface area contributed by atoms with Crippen LogP contribution in [0.15, 0.2) is 48.5 Å². The lowest BCUT2D eigenvalue weighted by Gasteiger charge is -2.09. The molecular formula is C19H22N2O3. The lowest BCUT2D eigenvalue weighted by atomic mass is 10.1. The Kier molecular flexibility index (Phi) is 6.37. The zero-order valence-electron chi connectivity index (χ0n) is 14.0. The molecule has 0 fully saturated rings. The number of ketones is 1. The molecular weight excluding hydrogens is 304 g/mol. The van der Waals surface area contributed by atoms with Gasteiger partial charge in [-0.15, -0.1) is 0 Å². The maximum atomic E-state index is 12.0. The third-order valence-electron chi connectivity index (χ3n) is 3.40. The SMILES string of the molecule is CCOc1ccc(NC(=O)CCNc2cccc(C(C)=O)c2)cc1. The quantitative estimate of drug-likeness (QED) is 0.725. The fourth-order valence-electron chi connectivity index (χ4n) is 2.19. The Morgan fingerprint density at radius 2 is 1.79 bits per heavy atom. The number of anilines is 2. The van der Waals surface area contributed by atoms with Crippen LogP contribution in [0.25, 0.3) is 0 Å². The van der Waals surface area contributed by atoms with Gasteiger partial charge in [-0.2, -0.15) is 0 Å². The summed E-state index contributed by atoms with van der Waals surface area (Å²) >= 11 is 0. The maximum absolute atomic E-state index is 12.0. The van der Waals surface area contributed by atoms with Gasteiger partial charge < -0.3 is 15.4 Å². The van der Waals surface area contributed by atoms with Gasteiger partial charge in [0.15, 0.2) is 5.78 Å². The van der Waals surface area contributed by atoms with Crippen molar-refractivity contribution < 1.29 is 14.3 Å². The molecule has 0 saturated heterocycles. The molecule has 0 aliphatic heterocycles. The van der Waals surface area contributed by atoms with Crippen LogP contribution in [-0.2, 0) is 4.79 Å². The normalized spacial score (nSPS) is 10.1. The van der Waals surface area contributed by atoms with Crippen molar-refractivity contribution >= 4 is 23.1 Å². The fourth-order valence-corrected chi connectivity index (χ4v) is 2.19. The van der Waals surface area contributed by atoms with Gasteiger partial charge in [-0.25, -0.2) is 0 Å². The monoisotopic (exact) mass is 326 g/mol. The number of amides is 1. The van der Waals surface area contributed by atoms with Crippen molar-refractivity contribution in [2.45, 2.75) is 20.3 Å². The number of Topliss-reactive ketones (excluding diaryl/α,β-unsaturated/α-hetero) is 1. The molecule has 126 valence electrons. The van der Waals surface area contributed by atoms with Crippen molar-refractivity contribution in [2.24, 2.45) is 0 Å². The summed E-state index contributed by atoms with van der Waals surface area (Å²) in [6.45, 7) is 4.56. The van der Waals surface area contributed by atoms with Gasteiger partial charge in [0.05, 0.1) is 6.61 Å². The third kappa shape index (κ3) is 5.43. The first kappa shape index (κ1) is 17.5. The Hall–Kier alpha value is -2.82. The molecule has 5 nitrogen and oxygen atoms in total. The molecule has 0 saturated carbocycles. The minimum absolute atomic E-state index is 0.0203. The van der Waals surface area contributed by atoms with Gasteiger partial charge in [0.25, 0.3) is 0 Å². The third-order valence-corrected chi connectivity index (χ3v) is 3.40. The highest BCUT2D eigenvalue weighted by Gasteiger charge is 2.04. The second-order valence-electron chi connectivity index (χ2n) is 5.32. The molecule has 0 aliphatic carbocycles. The molecule has 0 atom stereocenters. The number of hydrogen-bond acceptors (Lipinski definition) is 4. The van der Waals surface area contributed by atoms with Gasteiger partial charge in [0.1, 0.15) is 5.75 Å². The van der Waals surface area contributed by atoms with E-state index in [0.29, 0.717) is 25.1 Å². The summed E-state index contributed by atoms with van der Waals surface area (Å²) in [5, 5.41) is 5.99. The Morgan fingerprint density at radius 1 is 1.04 bits per heavy atom. The zero-order chi connectivity index (χ0) is 17.4. The Morgan fingerprint density at radius 3 is 2.46 bits per heavy atom. The van der Waals surface area contributed by atoms with Crippen LogP contribution in [0.2, 0.25) is 0 Å². The smallest absolute Gasteiger partial charge is 0.226 e. The number of rotatable bonds is 8. The van der Waals surface area contributed by atoms with E-state index in [1.807, 2.05) is 43.3 Å². The molecule has 5 heteroatoms. The molecule has 2 aromatic rings. The standard InChI is InChI=1S/C19H22N2O3/c1-3-24-18-9-7-16(8-10-18)21-19(23)11-12-20-17-6-4-5-15(13-17)14(2)22/h4-10,13,20H,3,11-12H2,1-2H3,(H,21,23). The summed E-state index contributed by atoms with van der Waals surface area (Å²) in [6.07, 6.45) is 0.331. The van der Waals surface area contributed by atoms with E-state index in [9.17, 15) is 9.59 Å². The first-order valence-corrected chi connectivity index (χ1v) is 7.96. The first-order valence-electron chi connectivity index (χ1n) is 7.96. The average molecular weight is 326 g/mol. The second-order valence-corrected chi connectivity index (χ2v) is 5.32. The number of carbonyl (C=O) groups is 2. The summed E-state index contributed by atoms with van der Waals surface area (Å²) < 4.78 is 5.36. The molecule has 0 unspecified atom stereocenters. The van der Waals surface area contributed by atoms with E-state index in [1.165, 1.54) is 6.92 Å². The molecule has 0 aromatic heterocycles. The molecule has 2 aromatic carbocycles. The summed E-state index contributed by atoms with van der Waals surface area (Å²) in [5.74, 6) is 0.726. The predicted molar refractivity (Wildman–Crippen MR) is 95.8 cm³/mol. The average Bonchev–Trinajstić information content (AvgIpc) is 2.57. The molecule has 2 rings (SSSR count). The van der Waals surface area contributed by atoms with E-state index < -0.39 is 0 Å². The van der Waals surface area contributed by atoms with Crippen molar-refractivity contribution in [3.05, 3.63) is 54.1 Å². The highest BCUT2D eigenvalue weighted by atomic mass is 16.5. The van der Waals surface area contributed by atoms with E-state index in [-0.39, 0.29) is 11.7 Å². The van der Waals surface area contributed by atoms with Crippen LogP contribution in [-0.4, -0.2) is 24.8 Å². The Bertz CT molecular complexity index is 696. The van der Waals surface area contributed by atoms with E-state index in [2.05, 4.69) is 10.6 Å². The number of nitrogens with one attached hydrogen (secondary N) is 2. The van der Waals surface area contributed by atoms with Gasteiger partial charge in [-0.1, -0.05) is 12.1 Å². The molecule has 0 aliphatic rings. The number of carbonyl (C=O) groups excluding carboxylic acids is 2. The van der Waals surface area contributed by atoms with Crippen molar-refractivity contribution in [3.8, 4) is 5.75 Å². The zero-order valence-corrected chi connectivity index (χ0v) is 14.0. The number of hydrogen-bond donors (Lipinski definition) is 2. The first-order chi connectivity index (χ1) is 11.6. The Labute approximate surface area is 142 Å². The van der Waals surface area contributed by atoms with Crippen LogP contribution < -0.4 is 15.4 Å². The minimum atomic E-state index is -0.0746. The lowest BCUT2D eigenvalue weighted by molar-refractivity contribution is -0.115. The van der Waals surface area contributed by atoms with Crippen molar-refractivity contribution in [1.29, 1.82) is 0 Å². The predicted octanol–water partition coefficient (Wildman–Crippen LogP) is 3.73. The van der Waals surface area contributed by atoms with Crippen LogP contribution in [0.3, 0.4) is 0 Å². The highest BCUT2D eigenvalue weighted by Crippen LogP contribution is 2.16. The largest absolute Gasteiger partial charge is 0.494 e. The molecule has 2 N–H and O–H groups in total. The highest BCUT2D eigenvalue weighted by molar-refractivity contribution is 5.95. The van der Waals surface area contributed by atoms with Crippen LogP contribution in [0, 0.1) is 0 Å². The summed E-state index contributed by atoms with van der Waals surface area (Å²) in [5.41, 5.74) is 2.22. The topological polar surface area (TPSA) is 67.4 Å². The van der Waals surface area contributed by atoms with Crippen molar-refractivity contribution in [2.75, 3.05) is 23.8 Å². The van der Waals surface area contributed by atoms with Crippen LogP contribution in [0.1, 0.15) is 30.6 Å². The van der Waals surface area contributed by atoms with Crippen molar-refractivity contribution in [3.63, 3.8) is 0 Å². The molecule has 1 amide bonds. The van der Waals surface area contributed by atoms with E-state index in [0.717, 1.165) is 17.1 Å². The van der Waals surface area contributed by atoms with E-state index in [1.54, 1.807) is 12.1 Å². The maximum Gasteiger partial charge on any atom is 0.226 e. The van der Waals surface area contributed by atoms with Crippen LogP contribution >= 0.6 is 0 Å². The summed E-state index contributed by atoms with van der Waals surface area (Å²) in [7, 11) is 0. The molecule has 0 radical (unpaired) electrons. The number of ether oxygens (including phenoxy) is 1. The van der Waals surface area contributed by atoms with E-state index >= 15 is 0 Å². The summed E-state index contributed by atoms with van der Waals surface area (Å²) in [4.78, 5) is 23.3. The van der Waals surface area contributed by atoms with Gasteiger partial charge in [0, 0.05) is 29.9 Å². The van der Waals surface area contributed by atoms with Gasteiger partial charge >= 0.3 is 0 Å². The van der Waals surface area contributed by atoms with Crippen LogP contribution in [0.5, 0.6) is 5.75 Å². The van der Waals surface area contributed by atoms with Gasteiger partial charge in [-0.05, 0) is 50.2 Å². The van der Waals surface area contributed by atoms with Gasteiger partial charge in [0.2, 0.25) is 5.91 Å². The minimum Gasteiger partial charge on any atom is -0.494 e. The van der Waals surface area contributed by atoms with Crippen LogP contribution in [0.4, 0.5) is 11.4 Å². The molecule has 0 spiro atoms. The molecule has 24 heavy (non-hydrogen) atoms. The lowest BCUT2D eigenvalue weighted by Crippen LogP contribution is -2.16. The second kappa shape index (κ2) is 8.72. The summed E-state index contributed by atoms with van der Waals surface area (Å²) in [6, 6.07) is 14.5. The fraction of sp³-hybridized carbons (Fsp3) is 0.263. The van der Waals surface area contributed by atoms with E-state index in [4.69, 9.17) is 4.74 Å².